The molecule has 0 spiro atoms. The molecule has 28 heavy (non-hydrogen) atoms. The Morgan fingerprint density at radius 1 is 0.786 bits per heavy atom. The number of rotatable bonds is 4. The lowest BCUT2D eigenvalue weighted by Crippen LogP contribution is -2.47. The third-order valence-corrected chi connectivity index (χ3v) is 6.46. The fourth-order valence-electron chi connectivity index (χ4n) is 4.93. The van der Waals surface area contributed by atoms with Crippen molar-refractivity contribution in [2.75, 3.05) is 18.0 Å². The van der Waals surface area contributed by atoms with E-state index in [4.69, 9.17) is 0 Å². The van der Waals surface area contributed by atoms with Gasteiger partial charge in [-0.15, -0.1) is 0 Å². The van der Waals surface area contributed by atoms with Crippen LogP contribution in [0.15, 0.2) is 78.9 Å². The van der Waals surface area contributed by atoms with Crippen LogP contribution in [-0.4, -0.2) is 19.4 Å². The van der Waals surface area contributed by atoms with Crippen molar-refractivity contribution in [3.05, 3.63) is 101 Å². The summed E-state index contributed by atoms with van der Waals surface area (Å²) in [5.41, 5.74) is 7.00. The first-order valence-corrected chi connectivity index (χ1v) is 10.3. The van der Waals surface area contributed by atoms with Crippen LogP contribution in [0, 0.1) is 5.92 Å². The van der Waals surface area contributed by atoms with Crippen LogP contribution in [0.1, 0.15) is 40.5 Å². The number of anilines is 1. The van der Waals surface area contributed by atoms with E-state index in [0.717, 1.165) is 25.8 Å². The van der Waals surface area contributed by atoms with Crippen molar-refractivity contribution in [1.29, 1.82) is 0 Å². The van der Waals surface area contributed by atoms with Crippen LogP contribution in [0.2, 0.25) is 0 Å². The van der Waals surface area contributed by atoms with Crippen LogP contribution in [0.4, 0.5) is 5.69 Å². The standard InChI is InChI=1S/C26H25NO/c28-18-19-16-27(17-19)23-13-10-22(11-14-23)26-24-9-5-4-8-21(24)12-15-25(26)20-6-2-1-3-7-20/h1-11,13-14,18-19,25-26H,12,15-17H2/t25-,26-/m1/s1. The molecule has 1 saturated heterocycles. The molecule has 3 aromatic carbocycles. The molecule has 0 N–H and O–H groups in total. The second-order valence-corrected chi connectivity index (χ2v) is 8.13. The summed E-state index contributed by atoms with van der Waals surface area (Å²) in [6.07, 6.45) is 3.40. The molecule has 1 aliphatic carbocycles. The lowest BCUT2D eigenvalue weighted by Gasteiger charge is -2.39. The summed E-state index contributed by atoms with van der Waals surface area (Å²) in [4.78, 5) is 13.2. The SMILES string of the molecule is O=CC1CN(c2ccc([C@@H]3c4ccccc4CC[C@@H]3c3ccccc3)cc2)C1. The topological polar surface area (TPSA) is 20.3 Å². The second-order valence-electron chi connectivity index (χ2n) is 8.13. The van der Waals surface area contributed by atoms with Gasteiger partial charge in [-0.1, -0.05) is 66.7 Å². The fourth-order valence-corrected chi connectivity index (χ4v) is 4.93. The number of nitrogens with zero attached hydrogens (tertiary/aromatic N) is 1. The zero-order valence-electron chi connectivity index (χ0n) is 16.0. The Kier molecular flexibility index (Phi) is 4.48. The number of benzene rings is 3. The van der Waals surface area contributed by atoms with E-state index in [1.807, 2.05) is 0 Å². The first-order chi connectivity index (χ1) is 13.8. The molecular weight excluding hydrogens is 342 g/mol. The van der Waals surface area contributed by atoms with Crippen LogP contribution in [0.5, 0.6) is 0 Å². The molecule has 0 amide bonds. The van der Waals surface area contributed by atoms with Crippen molar-refractivity contribution in [2.45, 2.75) is 24.7 Å². The zero-order valence-corrected chi connectivity index (χ0v) is 16.0. The van der Waals surface area contributed by atoms with E-state index in [1.54, 1.807) is 0 Å². The Morgan fingerprint density at radius 2 is 1.50 bits per heavy atom. The second kappa shape index (κ2) is 7.27. The van der Waals surface area contributed by atoms with Crippen LogP contribution < -0.4 is 4.90 Å². The lowest BCUT2D eigenvalue weighted by molar-refractivity contribution is -0.111. The molecule has 0 bridgehead atoms. The average Bonchev–Trinajstić information content (AvgIpc) is 2.73. The summed E-state index contributed by atoms with van der Waals surface area (Å²) >= 11 is 0. The van der Waals surface area contributed by atoms with Crippen LogP contribution in [-0.2, 0) is 11.2 Å². The molecule has 1 aliphatic heterocycles. The molecule has 3 aromatic rings. The molecule has 2 nitrogen and oxygen atoms in total. The highest BCUT2D eigenvalue weighted by atomic mass is 16.1. The Hall–Kier alpha value is -2.87. The summed E-state index contributed by atoms with van der Waals surface area (Å²) in [6, 6.07) is 29.0. The first kappa shape index (κ1) is 17.2. The van der Waals surface area contributed by atoms with E-state index in [-0.39, 0.29) is 5.92 Å². The Bertz CT molecular complexity index is 957. The number of carbonyl (C=O) groups is 1. The van der Waals surface area contributed by atoms with Gasteiger partial charge in [-0.2, -0.15) is 0 Å². The van der Waals surface area contributed by atoms with Crippen LogP contribution in [0.25, 0.3) is 0 Å². The largest absolute Gasteiger partial charge is 0.370 e. The minimum atomic E-state index is 0.201. The minimum absolute atomic E-state index is 0.201. The number of hydrogen-bond donors (Lipinski definition) is 0. The fraction of sp³-hybridized carbons (Fsp3) is 0.269. The predicted molar refractivity (Wildman–Crippen MR) is 114 cm³/mol. The summed E-state index contributed by atoms with van der Waals surface area (Å²) in [5.74, 6) is 1.10. The average molecular weight is 367 g/mol. The lowest BCUT2D eigenvalue weighted by atomic mass is 9.69. The van der Waals surface area contributed by atoms with Gasteiger partial charge >= 0.3 is 0 Å². The minimum Gasteiger partial charge on any atom is -0.370 e. The highest BCUT2D eigenvalue weighted by Gasteiger charge is 2.32. The van der Waals surface area contributed by atoms with E-state index >= 15 is 0 Å². The molecule has 0 radical (unpaired) electrons. The van der Waals surface area contributed by atoms with Gasteiger partial charge in [0.05, 0.1) is 0 Å². The quantitative estimate of drug-likeness (QED) is 0.592. The van der Waals surface area contributed by atoms with Crippen LogP contribution >= 0.6 is 0 Å². The molecule has 0 saturated carbocycles. The molecule has 0 unspecified atom stereocenters. The van der Waals surface area contributed by atoms with Crippen molar-refractivity contribution >= 4 is 12.0 Å². The summed E-state index contributed by atoms with van der Waals surface area (Å²) in [5, 5.41) is 0. The van der Waals surface area contributed by atoms with E-state index in [0.29, 0.717) is 11.8 Å². The Balaban J connectivity index is 1.50. The van der Waals surface area contributed by atoms with Gasteiger partial charge in [-0.25, -0.2) is 0 Å². The maximum absolute atomic E-state index is 10.9. The number of hydrogen-bond acceptors (Lipinski definition) is 2. The number of carbonyl (C=O) groups excluding carboxylic acids is 1. The van der Waals surface area contributed by atoms with E-state index < -0.39 is 0 Å². The molecule has 2 heteroatoms. The molecule has 1 fully saturated rings. The van der Waals surface area contributed by atoms with Gasteiger partial charge < -0.3 is 9.69 Å². The molecule has 140 valence electrons. The molecule has 2 aliphatic rings. The maximum atomic E-state index is 10.9. The van der Waals surface area contributed by atoms with Crippen molar-refractivity contribution in [3.8, 4) is 0 Å². The maximum Gasteiger partial charge on any atom is 0.126 e. The summed E-state index contributed by atoms with van der Waals surface area (Å²) in [7, 11) is 0. The van der Waals surface area contributed by atoms with Gasteiger partial charge in [0.2, 0.25) is 0 Å². The smallest absolute Gasteiger partial charge is 0.126 e. The third kappa shape index (κ3) is 3.03. The van der Waals surface area contributed by atoms with E-state index in [9.17, 15) is 4.79 Å². The van der Waals surface area contributed by atoms with Crippen molar-refractivity contribution in [3.63, 3.8) is 0 Å². The van der Waals surface area contributed by atoms with Gasteiger partial charge in [0, 0.05) is 30.6 Å². The summed E-state index contributed by atoms with van der Waals surface area (Å²) in [6.45, 7) is 1.70. The first-order valence-electron chi connectivity index (χ1n) is 10.3. The molecular formula is C26H25NO. The molecule has 1 heterocycles. The van der Waals surface area contributed by atoms with E-state index in [2.05, 4.69) is 83.8 Å². The highest BCUT2D eigenvalue weighted by molar-refractivity contribution is 5.63. The number of aldehydes is 1. The van der Waals surface area contributed by atoms with E-state index in [1.165, 1.54) is 34.4 Å². The monoisotopic (exact) mass is 367 g/mol. The normalized spacial score (nSPS) is 21.6. The van der Waals surface area contributed by atoms with Crippen molar-refractivity contribution in [1.82, 2.24) is 0 Å². The van der Waals surface area contributed by atoms with Gasteiger partial charge in [0.15, 0.2) is 0 Å². The van der Waals surface area contributed by atoms with Gasteiger partial charge in [0.25, 0.3) is 0 Å². The number of aryl methyl sites for hydroxylation is 1. The summed E-state index contributed by atoms with van der Waals surface area (Å²) < 4.78 is 0. The van der Waals surface area contributed by atoms with Crippen molar-refractivity contribution in [2.24, 2.45) is 5.92 Å². The highest BCUT2D eigenvalue weighted by Crippen LogP contribution is 2.46. The zero-order chi connectivity index (χ0) is 18.9. The molecule has 0 aromatic heterocycles. The van der Waals surface area contributed by atoms with Gasteiger partial charge in [-0.05, 0) is 53.1 Å². The molecule has 2 atom stereocenters. The predicted octanol–water partition coefficient (Wildman–Crippen LogP) is 5.18. The Labute approximate surface area is 166 Å². The Morgan fingerprint density at radius 3 is 2.25 bits per heavy atom. The van der Waals surface area contributed by atoms with Crippen molar-refractivity contribution < 1.29 is 4.79 Å². The number of fused-ring (bicyclic) bond motifs is 1. The van der Waals surface area contributed by atoms with Crippen LogP contribution in [0.3, 0.4) is 0 Å². The third-order valence-electron chi connectivity index (χ3n) is 6.46. The van der Waals surface area contributed by atoms with Gasteiger partial charge in [0.1, 0.15) is 6.29 Å². The van der Waals surface area contributed by atoms with Gasteiger partial charge in [-0.3, -0.25) is 0 Å². The molecule has 5 rings (SSSR count).